The van der Waals surface area contributed by atoms with Gasteiger partial charge in [0.25, 0.3) is 10.1 Å². The molecule has 90 valence electrons. The van der Waals surface area contributed by atoms with Gasteiger partial charge in [-0.3, -0.25) is 4.18 Å². The van der Waals surface area contributed by atoms with Crippen molar-refractivity contribution in [3.63, 3.8) is 0 Å². The van der Waals surface area contributed by atoms with Gasteiger partial charge >= 0.3 is 6.18 Å². The normalized spacial score (nSPS) is 29.1. The molecule has 1 rings (SSSR count). The van der Waals surface area contributed by atoms with Gasteiger partial charge in [0.15, 0.2) is 0 Å². The highest BCUT2D eigenvalue weighted by atomic mass is 32.2. The maximum atomic E-state index is 12.2. The van der Waals surface area contributed by atoms with E-state index < -0.39 is 28.3 Å². The Morgan fingerprint density at radius 2 is 1.60 bits per heavy atom. The van der Waals surface area contributed by atoms with Gasteiger partial charge in [-0.05, 0) is 25.7 Å². The van der Waals surface area contributed by atoms with Crippen LogP contribution in [0.15, 0.2) is 0 Å². The SMILES string of the molecule is CS(=O)(=O)OC1CCC(C(F)(F)F)CC1. The minimum absolute atomic E-state index is 0.0519. The van der Waals surface area contributed by atoms with Gasteiger partial charge in [-0.1, -0.05) is 0 Å². The van der Waals surface area contributed by atoms with Gasteiger partial charge in [-0.25, -0.2) is 0 Å². The van der Waals surface area contributed by atoms with Crippen LogP contribution in [-0.2, 0) is 14.3 Å². The first-order valence-corrected chi connectivity index (χ1v) is 6.45. The summed E-state index contributed by atoms with van der Waals surface area (Å²) in [5.74, 6) is -1.31. The summed E-state index contributed by atoms with van der Waals surface area (Å²) >= 11 is 0. The standard InChI is InChI=1S/C8H13F3O3S/c1-15(12,13)14-7-4-2-6(3-5-7)8(9,10)11/h6-7H,2-5H2,1H3. The zero-order valence-corrected chi connectivity index (χ0v) is 9.07. The Morgan fingerprint density at radius 3 is 1.93 bits per heavy atom. The molecule has 0 amide bonds. The molecular formula is C8H13F3O3S. The molecule has 0 radical (unpaired) electrons. The molecule has 0 N–H and O–H groups in total. The third-order valence-corrected chi connectivity index (χ3v) is 3.07. The van der Waals surface area contributed by atoms with E-state index in [4.69, 9.17) is 0 Å². The lowest BCUT2D eigenvalue weighted by molar-refractivity contribution is -0.185. The monoisotopic (exact) mass is 246 g/mol. The van der Waals surface area contributed by atoms with Crippen molar-refractivity contribution >= 4 is 10.1 Å². The zero-order chi connectivity index (χ0) is 11.7. The predicted octanol–water partition coefficient (Wildman–Crippen LogP) is 2.08. The van der Waals surface area contributed by atoms with E-state index in [1.54, 1.807) is 0 Å². The Hall–Kier alpha value is -0.300. The summed E-state index contributed by atoms with van der Waals surface area (Å²) in [5.41, 5.74) is 0. The van der Waals surface area contributed by atoms with E-state index in [1.807, 2.05) is 0 Å². The van der Waals surface area contributed by atoms with Crippen molar-refractivity contribution in [2.24, 2.45) is 5.92 Å². The number of hydrogen-bond acceptors (Lipinski definition) is 3. The second kappa shape index (κ2) is 4.29. The smallest absolute Gasteiger partial charge is 0.267 e. The fraction of sp³-hybridized carbons (Fsp3) is 1.00. The minimum atomic E-state index is -4.17. The molecule has 0 unspecified atom stereocenters. The average molecular weight is 246 g/mol. The third-order valence-electron chi connectivity index (χ3n) is 2.45. The molecule has 1 saturated carbocycles. The first-order valence-electron chi connectivity index (χ1n) is 4.63. The lowest BCUT2D eigenvalue weighted by Gasteiger charge is -2.28. The average Bonchev–Trinajstić information content (AvgIpc) is 2.00. The van der Waals surface area contributed by atoms with Crippen molar-refractivity contribution in [1.82, 2.24) is 0 Å². The van der Waals surface area contributed by atoms with Crippen LogP contribution >= 0.6 is 0 Å². The molecule has 7 heteroatoms. The summed E-state index contributed by atoms with van der Waals surface area (Å²) in [6.45, 7) is 0. The summed E-state index contributed by atoms with van der Waals surface area (Å²) in [5, 5.41) is 0. The largest absolute Gasteiger partial charge is 0.391 e. The van der Waals surface area contributed by atoms with E-state index in [1.165, 1.54) is 0 Å². The van der Waals surface area contributed by atoms with Crippen LogP contribution in [0.25, 0.3) is 0 Å². The van der Waals surface area contributed by atoms with E-state index in [9.17, 15) is 21.6 Å². The predicted molar refractivity (Wildman–Crippen MR) is 47.7 cm³/mol. The van der Waals surface area contributed by atoms with Gasteiger partial charge in [0.1, 0.15) is 0 Å². The highest BCUT2D eigenvalue weighted by Crippen LogP contribution is 2.38. The molecule has 3 nitrogen and oxygen atoms in total. The minimum Gasteiger partial charge on any atom is -0.267 e. The zero-order valence-electron chi connectivity index (χ0n) is 8.25. The number of halogens is 3. The summed E-state index contributed by atoms with van der Waals surface area (Å²) in [4.78, 5) is 0. The van der Waals surface area contributed by atoms with Gasteiger partial charge in [0.2, 0.25) is 0 Å². The van der Waals surface area contributed by atoms with Gasteiger partial charge < -0.3 is 0 Å². The Balaban J connectivity index is 2.43. The maximum Gasteiger partial charge on any atom is 0.391 e. The first kappa shape index (κ1) is 12.8. The molecule has 0 atom stereocenters. The van der Waals surface area contributed by atoms with Crippen LogP contribution < -0.4 is 0 Å². The number of rotatable bonds is 2. The summed E-state index contributed by atoms with van der Waals surface area (Å²) in [7, 11) is -3.56. The van der Waals surface area contributed by atoms with Gasteiger partial charge in [0.05, 0.1) is 18.3 Å². The second-order valence-electron chi connectivity index (χ2n) is 3.82. The fourth-order valence-corrected chi connectivity index (χ4v) is 2.42. The molecule has 0 bridgehead atoms. The van der Waals surface area contributed by atoms with Crippen molar-refractivity contribution in [3.8, 4) is 0 Å². The summed E-state index contributed by atoms with van der Waals surface area (Å²) in [6, 6.07) is 0. The van der Waals surface area contributed by atoms with Crippen molar-refractivity contribution in [3.05, 3.63) is 0 Å². The Morgan fingerprint density at radius 1 is 1.13 bits per heavy atom. The Kier molecular flexibility index (Phi) is 3.65. The van der Waals surface area contributed by atoms with Crippen molar-refractivity contribution < 1.29 is 25.8 Å². The van der Waals surface area contributed by atoms with Crippen LogP contribution in [-0.4, -0.2) is 27.0 Å². The Bertz CT molecular complexity index is 302. The molecule has 0 aromatic carbocycles. The Labute approximate surface area is 86.7 Å². The molecular weight excluding hydrogens is 233 g/mol. The molecule has 0 aliphatic heterocycles. The first-order chi connectivity index (χ1) is 6.68. The molecule has 0 heterocycles. The molecule has 1 aliphatic rings. The van der Waals surface area contributed by atoms with E-state index in [0.717, 1.165) is 6.26 Å². The quantitative estimate of drug-likeness (QED) is 0.701. The second-order valence-corrected chi connectivity index (χ2v) is 5.42. The van der Waals surface area contributed by atoms with Crippen LogP contribution in [0.3, 0.4) is 0 Å². The lowest BCUT2D eigenvalue weighted by Crippen LogP contribution is -2.31. The summed E-state index contributed by atoms with van der Waals surface area (Å²) < 4.78 is 62.9. The van der Waals surface area contributed by atoms with E-state index in [0.29, 0.717) is 0 Å². The molecule has 0 saturated heterocycles. The number of hydrogen-bond donors (Lipinski definition) is 0. The van der Waals surface area contributed by atoms with Gasteiger partial charge in [-0.2, -0.15) is 21.6 Å². The fourth-order valence-electron chi connectivity index (χ4n) is 1.73. The highest BCUT2D eigenvalue weighted by molar-refractivity contribution is 7.86. The highest BCUT2D eigenvalue weighted by Gasteiger charge is 2.41. The third kappa shape index (κ3) is 4.38. The maximum absolute atomic E-state index is 12.2. The van der Waals surface area contributed by atoms with Crippen molar-refractivity contribution in [1.29, 1.82) is 0 Å². The van der Waals surface area contributed by atoms with Crippen molar-refractivity contribution in [2.75, 3.05) is 6.26 Å². The van der Waals surface area contributed by atoms with E-state index in [-0.39, 0.29) is 25.7 Å². The van der Waals surface area contributed by atoms with Crippen LogP contribution in [0.1, 0.15) is 25.7 Å². The van der Waals surface area contributed by atoms with Crippen molar-refractivity contribution in [2.45, 2.75) is 38.0 Å². The molecule has 1 aliphatic carbocycles. The molecule has 1 fully saturated rings. The van der Waals surface area contributed by atoms with E-state index in [2.05, 4.69) is 4.18 Å². The molecule has 15 heavy (non-hydrogen) atoms. The van der Waals surface area contributed by atoms with Crippen LogP contribution in [0, 0.1) is 5.92 Å². The summed E-state index contributed by atoms with van der Waals surface area (Å²) in [6.07, 6.45) is -3.65. The molecule has 0 aromatic rings. The van der Waals surface area contributed by atoms with E-state index >= 15 is 0 Å². The topological polar surface area (TPSA) is 43.4 Å². The van der Waals surface area contributed by atoms with Crippen LogP contribution in [0.5, 0.6) is 0 Å². The number of alkyl halides is 3. The molecule has 0 spiro atoms. The lowest BCUT2D eigenvalue weighted by atomic mass is 9.87. The van der Waals surface area contributed by atoms with Gasteiger partial charge in [-0.15, -0.1) is 0 Å². The molecule has 0 aromatic heterocycles. The van der Waals surface area contributed by atoms with Crippen LogP contribution in [0.4, 0.5) is 13.2 Å². The van der Waals surface area contributed by atoms with Gasteiger partial charge in [0, 0.05) is 0 Å². The van der Waals surface area contributed by atoms with Crippen LogP contribution in [0.2, 0.25) is 0 Å².